The standard InChI is InChI=1S/C9H6BrNO3/c1-4-7-6(14-11-4)3-2-5(8(7)10)9(12)13/h2-3H,1H3,(H,12,13). The first kappa shape index (κ1) is 9.21. The number of benzene rings is 1. The Bertz CT molecular complexity index is 518. The molecule has 1 aromatic carbocycles. The number of nitrogens with zero attached hydrogens (tertiary/aromatic N) is 1. The van der Waals surface area contributed by atoms with Crippen LogP contribution >= 0.6 is 15.9 Å². The van der Waals surface area contributed by atoms with Gasteiger partial charge >= 0.3 is 5.97 Å². The van der Waals surface area contributed by atoms with Gasteiger partial charge in [-0.05, 0) is 35.0 Å². The highest BCUT2D eigenvalue weighted by Crippen LogP contribution is 2.30. The van der Waals surface area contributed by atoms with Crippen LogP contribution in [0.15, 0.2) is 21.1 Å². The zero-order chi connectivity index (χ0) is 10.3. The number of halogens is 1. The Hall–Kier alpha value is -1.36. The summed E-state index contributed by atoms with van der Waals surface area (Å²) in [7, 11) is 0. The predicted molar refractivity (Wildman–Crippen MR) is 53.4 cm³/mol. The van der Waals surface area contributed by atoms with Crippen molar-refractivity contribution >= 4 is 32.9 Å². The first-order valence-electron chi connectivity index (χ1n) is 3.89. The molecule has 0 spiro atoms. The normalized spacial score (nSPS) is 10.7. The number of rotatable bonds is 1. The minimum Gasteiger partial charge on any atom is -0.478 e. The molecule has 0 atom stereocenters. The Labute approximate surface area is 87.6 Å². The van der Waals surface area contributed by atoms with Gasteiger partial charge < -0.3 is 9.63 Å². The Balaban J connectivity index is 2.86. The van der Waals surface area contributed by atoms with E-state index in [1.807, 2.05) is 0 Å². The Morgan fingerprint density at radius 3 is 2.93 bits per heavy atom. The molecule has 0 aliphatic carbocycles. The third-order valence-corrected chi connectivity index (χ3v) is 2.80. The van der Waals surface area contributed by atoms with Gasteiger partial charge in [0.1, 0.15) is 0 Å². The van der Waals surface area contributed by atoms with Crippen LogP contribution in [0.5, 0.6) is 0 Å². The van der Waals surface area contributed by atoms with E-state index in [1.165, 1.54) is 6.07 Å². The van der Waals surface area contributed by atoms with Crippen LogP contribution in [-0.2, 0) is 0 Å². The lowest BCUT2D eigenvalue weighted by Gasteiger charge is -1.98. The highest BCUT2D eigenvalue weighted by Gasteiger charge is 2.15. The molecule has 0 saturated carbocycles. The number of aryl methyl sites for hydroxylation is 1. The molecule has 4 nitrogen and oxygen atoms in total. The van der Waals surface area contributed by atoms with Crippen molar-refractivity contribution in [2.24, 2.45) is 0 Å². The number of fused-ring (bicyclic) bond motifs is 1. The van der Waals surface area contributed by atoms with E-state index in [2.05, 4.69) is 21.1 Å². The number of hydrogen-bond acceptors (Lipinski definition) is 3. The summed E-state index contributed by atoms with van der Waals surface area (Å²) in [6.45, 7) is 1.77. The van der Waals surface area contributed by atoms with Gasteiger partial charge in [-0.15, -0.1) is 0 Å². The van der Waals surface area contributed by atoms with Crippen molar-refractivity contribution in [3.05, 3.63) is 27.9 Å². The van der Waals surface area contributed by atoms with E-state index in [4.69, 9.17) is 9.63 Å². The first-order valence-corrected chi connectivity index (χ1v) is 4.68. The van der Waals surface area contributed by atoms with Gasteiger partial charge in [-0.25, -0.2) is 4.79 Å². The third kappa shape index (κ3) is 1.21. The fourth-order valence-corrected chi connectivity index (χ4v) is 2.08. The van der Waals surface area contributed by atoms with Gasteiger partial charge in [0.15, 0.2) is 5.58 Å². The summed E-state index contributed by atoms with van der Waals surface area (Å²) in [5.74, 6) is -0.973. The van der Waals surface area contributed by atoms with E-state index in [0.717, 1.165) is 0 Å². The molecule has 0 amide bonds. The molecular formula is C9H6BrNO3. The van der Waals surface area contributed by atoms with Crippen molar-refractivity contribution in [1.82, 2.24) is 5.16 Å². The highest BCUT2D eigenvalue weighted by atomic mass is 79.9. The summed E-state index contributed by atoms with van der Waals surface area (Å²) in [6.07, 6.45) is 0. The van der Waals surface area contributed by atoms with Crippen LogP contribution in [0.1, 0.15) is 16.1 Å². The van der Waals surface area contributed by atoms with E-state index in [1.54, 1.807) is 13.0 Å². The minimum atomic E-state index is -0.973. The molecule has 5 heteroatoms. The van der Waals surface area contributed by atoms with E-state index in [-0.39, 0.29) is 5.56 Å². The largest absolute Gasteiger partial charge is 0.478 e. The summed E-state index contributed by atoms with van der Waals surface area (Å²) in [5.41, 5.74) is 1.47. The quantitative estimate of drug-likeness (QED) is 0.851. The van der Waals surface area contributed by atoms with Gasteiger partial charge in [-0.3, -0.25) is 0 Å². The zero-order valence-electron chi connectivity index (χ0n) is 7.24. The molecule has 1 aromatic heterocycles. The van der Waals surface area contributed by atoms with Crippen molar-refractivity contribution in [2.75, 3.05) is 0 Å². The molecule has 0 fully saturated rings. The minimum absolute atomic E-state index is 0.212. The van der Waals surface area contributed by atoms with Gasteiger partial charge in [0, 0.05) is 4.47 Å². The number of carboxylic acids is 1. The second kappa shape index (κ2) is 3.09. The van der Waals surface area contributed by atoms with Crippen LogP contribution in [0.3, 0.4) is 0 Å². The summed E-state index contributed by atoms with van der Waals surface area (Å²) < 4.78 is 5.51. The fraction of sp³-hybridized carbons (Fsp3) is 0.111. The van der Waals surface area contributed by atoms with Crippen LogP contribution in [0.4, 0.5) is 0 Å². The molecule has 0 radical (unpaired) electrons. The second-order valence-electron chi connectivity index (χ2n) is 2.87. The maximum atomic E-state index is 10.8. The Morgan fingerprint density at radius 1 is 1.57 bits per heavy atom. The van der Waals surface area contributed by atoms with Crippen molar-refractivity contribution in [1.29, 1.82) is 0 Å². The molecule has 72 valence electrons. The Kier molecular flexibility index (Phi) is 2.03. The second-order valence-corrected chi connectivity index (χ2v) is 3.67. The molecule has 0 aliphatic rings. The lowest BCUT2D eigenvalue weighted by molar-refractivity contribution is 0.0696. The SMILES string of the molecule is Cc1noc2ccc(C(=O)O)c(Br)c12. The number of carboxylic acid groups (broad SMARTS) is 1. The Morgan fingerprint density at radius 2 is 2.29 bits per heavy atom. The molecule has 2 aromatic rings. The molecule has 0 aliphatic heterocycles. The van der Waals surface area contributed by atoms with Crippen molar-refractivity contribution in [3.63, 3.8) is 0 Å². The summed E-state index contributed by atoms with van der Waals surface area (Å²) >= 11 is 3.23. The van der Waals surface area contributed by atoms with Gasteiger partial charge in [-0.1, -0.05) is 5.16 Å². The van der Waals surface area contributed by atoms with Crippen LogP contribution in [-0.4, -0.2) is 16.2 Å². The zero-order valence-corrected chi connectivity index (χ0v) is 8.83. The maximum Gasteiger partial charge on any atom is 0.336 e. The van der Waals surface area contributed by atoms with Crippen molar-refractivity contribution < 1.29 is 14.4 Å². The maximum absolute atomic E-state index is 10.8. The first-order chi connectivity index (χ1) is 6.61. The van der Waals surface area contributed by atoms with E-state index >= 15 is 0 Å². The number of carbonyl (C=O) groups is 1. The number of aromatic nitrogens is 1. The van der Waals surface area contributed by atoms with Gasteiger partial charge in [0.05, 0.1) is 16.6 Å². The molecule has 1 N–H and O–H groups in total. The topological polar surface area (TPSA) is 63.3 Å². The average molecular weight is 256 g/mol. The smallest absolute Gasteiger partial charge is 0.336 e. The lowest BCUT2D eigenvalue weighted by Crippen LogP contribution is -1.97. The molecule has 14 heavy (non-hydrogen) atoms. The summed E-state index contributed by atoms with van der Waals surface area (Å²) in [5, 5.41) is 13.3. The van der Waals surface area contributed by atoms with E-state index in [0.29, 0.717) is 21.1 Å². The summed E-state index contributed by atoms with van der Waals surface area (Å²) in [6, 6.07) is 3.09. The van der Waals surface area contributed by atoms with E-state index < -0.39 is 5.97 Å². The molecule has 0 bridgehead atoms. The summed E-state index contributed by atoms with van der Waals surface area (Å²) in [4.78, 5) is 10.8. The van der Waals surface area contributed by atoms with E-state index in [9.17, 15) is 4.79 Å². The highest BCUT2D eigenvalue weighted by molar-refractivity contribution is 9.10. The molecule has 1 heterocycles. The van der Waals surface area contributed by atoms with Crippen LogP contribution < -0.4 is 0 Å². The monoisotopic (exact) mass is 255 g/mol. The average Bonchev–Trinajstić information content (AvgIpc) is 2.48. The van der Waals surface area contributed by atoms with Crippen LogP contribution in [0.2, 0.25) is 0 Å². The van der Waals surface area contributed by atoms with Gasteiger partial charge in [0.25, 0.3) is 0 Å². The van der Waals surface area contributed by atoms with Gasteiger partial charge in [-0.2, -0.15) is 0 Å². The molecule has 2 rings (SSSR count). The predicted octanol–water partition coefficient (Wildman–Crippen LogP) is 2.60. The van der Waals surface area contributed by atoms with Crippen molar-refractivity contribution in [3.8, 4) is 0 Å². The molecule has 0 saturated heterocycles. The molecular weight excluding hydrogens is 250 g/mol. The fourth-order valence-electron chi connectivity index (χ4n) is 1.30. The van der Waals surface area contributed by atoms with Crippen LogP contribution in [0, 0.1) is 6.92 Å². The van der Waals surface area contributed by atoms with Gasteiger partial charge in [0.2, 0.25) is 0 Å². The lowest BCUT2D eigenvalue weighted by atomic mass is 10.1. The number of aromatic carboxylic acids is 1. The van der Waals surface area contributed by atoms with Crippen molar-refractivity contribution in [2.45, 2.75) is 6.92 Å². The van der Waals surface area contributed by atoms with Crippen LogP contribution in [0.25, 0.3) is 11.0 Å². The molecule has 0 unspecified atom stereocenters. The third-order valence-electron chi connectivity index (χ3n) is 1.98. The number of hydrogen-bond donors (Lipinski definition) is 1.